The Balaban J connectivity index is 0.000000151. The van der Waals surface area contributed by atoms with Crippen LogP contribution in [0.4, 0.5) is 0 Å². The van der Waals surface area contributed by atoms with Crippen LogP contribution in [0.1, 0.15) is 51.4 Å². The molecule has 0 amide bonds. The van der Waals surface area contributed by atoms with E-state index in [1.807, 2.05) is 0 Å². The number of aliphatic imine (C=N–C) groups is 4. The zero-order valence-corrected chi connectivity index (χ0v) is 31.2. The van der Waals surface area contributed by atoms with Crippen molar-refractivity contribution in [2.45, 2.75) is 51.4 Å². The first kappa shape index (κ1) is 34.9. The van der Waals surface area contributed by atoms with Gasteiger partial charge >= 0.3 is 0 Å². The number of guanidine groups is 4. The van der Waals surface area contributed by atoms with Crippen LogP contribution in [0.5, 0.6) is 0 Å². The Morgan fingerprint density at radius 1 is 0.429 bits per heavy atom. The molecule has 8 rings (SSSR count). The SMILES string of the molecule is C1CN=C2NCCCN2C1.C1CN=C2NCCCN2C1.C1CN=C2NCCCN2C1.C1CN=C2[N-]CCCN2C1.[W].[W]. The fraction of sp³-hybridized carbons (Fsp3) is 0.857. The van der Waals surface area contributed by atoms with Crippen molar-refractivity contribution in [1.82, 2.24) is 35.6 Å². The Morgan fingerprint density at radius 2 is 0.786 bits per heavy atom. The molecule has 0 radical (unpaired) electrons. The molecular formula is C28H51N12W2-. The predicted molar refractivity (Wildman–Crippen MR) is 165 cm³/mol. The zero-order valence-electron chi connectivity index (χ0n) is 25.3. The average molecular weight is 923 g/mol. The maximum absolute atomic E-state index is 4.38. The van der Waals surface area contributed by atoms with Crippen LogP contribution >= 0.6 is 0 Å². The number of nitrogens with zero attached hydrogens (tertiary/aromatic N) is 9. The van der Waals surface area contributed by atoms with Gasteiger partial charge in [-0.05, 0) is 77.5 Å². The van der Waals surface area contributed by atoms with Gasteiger partial charge in [0.15, 0.2) is 17.9 Å². The summed E-state index contributed by atoms with van der Waals surface area (Å²) < 4.78 is 0. The summed E-state index contributed by atoms with van der Waals surface area (Å²) in [7, 11) is 0. The van der Waals surface area contributed by atoms with Crippen molar-refractivity contribution in [3.63, 3.8) is 0 Å². The molecule has 0 bridgehead atoms. The van der Waals surface area contributed by atoms with Crippen LogP contribution in [0, 0.1) is 0 Å². The van der Waals surface area contributed by atoms with Gasteiger partial charge in [-0.25, -0.2) is 0 Å². The van der Waals surface area contributed by atoms with E-state index in [9.17, 15) is 0 Å². The molecule has 0 aliphatic carbocycles. The van der Waals surface area contributed by atoms with Crippen LogP contribution in [-0.4, -0.2) is 148 Å². The second-order valence-corrected chi connectivity index (χ2v) is 11.2. The molecular weight excluding hydrogens is 872 g/mol. The Kier molecular flexibility index (Phi) is 16.4. The van der Waals surface area contributed by atoms with Crippen LogP contribution in [0.25, 0.3) is 5.32 Å². The van der Waals surface area contributed by atoms with Crippen molar-refractivity contribution >= 4 is 23.8 Å². The summed E-state index contributed by atoms with van der Waals surface area (Å²) in [6.07, 6.45) is 9.89. The molecule has 0 aromatic heterocycles. The van der Waals surface area contributed by atoms with Crippen molar-refractivity contribution < 1.29 is 42.1 Å². The minimum Gasteiger partial charge on any atom is -0.426 e. The molecule has 0 saturated carbocycles. The quantitative estimate of drug-likeness (QED) is 0.332. The monoisotopic (exact) mass is 923 g/mol. The smallest absolute Gasteiger partial charge is 0.193 e. The molecule has 42 heavy (non-hydrogen) atoms. The molecule has 0 atom stereocenters. The van der Waals surface area contributed by atoms with Gasteiger partial charge in [0.05, 0.1) is 0 Å². The molecule has 8 aliphatic rings. The Bertz CT molecular complexity index is 767. The van der Waals surface area contributed by atoms with Gasteiger partial charge in [-0.2, -0.15) is 0 Å². The van der Waals surface area contributed by atoms with Gasteiger partial charge in [-0.1, -0.05) is 0 Å². The predicted octanol–water partition coefficient (Wildman–Crippen LogP) is 0.945. The van der Waals surface area contributed by atoms with Crippen LogP contribution in [0.3, 0.4) is 0 Å². The summed E-state index contributed by atoms with van der Waals surface area (Å²) in [5.74, 6) is 4.42. The first-order valence-electron chi connectivity index (χ1n) is 15.9. The first-order valence-corrected chi connectivity index (χ1v) is 15.9. The van der Waals surface area contributed by atoms with Gasteiger partial charge < -0.3 is 45.9 Å². The standard InChI is InChI=1S/3C7H13N3.C7H12N3.2W/c4*1-3-8-7-9-4-2-6-10(7)5-1;;/h3*1-6H2,(H,8,9);1-6H2;;/q;;;-1;;. The minimum atomic E-state index is 0. The number of hydrogen-bond donors (Lipinski definition) is 3. The third kappa shape index (κ3) is 10.9. The van der Waals surface area contributed by atoms with Crippen LogP contribution in [0.15, 0.2) is 20.0 Å². The van der Waals surface area contributed by atoms with Crippen molar-refractivity contribution in [3.05, 3.63) is 5.32 Å². The van der Waals surface area contributed by atoms with E-state index in [0.717, 1.165) is 76.2 Å². The minimum absolute atomic E-state index is 0. The van der Waals surface area contributed by atoms with Crippen LogP contribution < -0.4 is 16.0 Å². The van der Waals surface area contributed by atoms with E-state index in [0.29, 0.717) is 0 Å². The Labute approximate surface area is 281 Å². The first-order chi connectivity index (χ1) is 19.9. The molecule has 4 saturated heterocycles. The molecule has 0 unspecified atom stereocenters. The van der Waals surface area contributed by atoms with Crippen LogP contribution in [0.2, 0.25) is 0 Å². The Morgan fingerprint density at radius 3 is 1.19 bits per heavy atom. The summed E-state index contributed by atoms with van der Waals surface area (Å²) in [5, 5.41) is 14.2. The molecule has 0 aromatic rings. The Hall–Kier alpha value is -1.54. The molecule has 12 nitrogen and oxygen atoms in total. The topological polar surface area (TPSA) is 113 Å². The van der Waals surface area contributed by atoms with E-state index in [-0.39, 0.29) is 42.1 Å². The molecule has 4 fully saturated rings. The van der Waals surface area contributed by atoms with E-state index in [4.69, 9.17) is 0 Å². The van der Waals surface area contributed by atoms with Gasteiger partial charge in [-0.15, -0.1) is 0 Å². The summed E-state index contributed by atoms with van der Waals surface area (Å²) in [5.41, 5.74) is 0. The summed E-state index contributed by atoms with van der Waals surface area (Å²) in [6, 6.07) is 0. The normalized spacial score (nSPS) is 23.6. The second kappa shape index (κ2) is 19.7. The fourth-order valence-corrected chi connectivity index (χ4v) is 5.97. The fourth-order valence-electron chi connectivity index (χ4n) is 5.97. The number of hydrogen-bond acceptors (Lipinski definition) is 11. The molecule has 0 aromatic carbocycles. The average Bonchev–Trinajstić information content (AvgIpc) is 3.06. The van der Waals surface area contributed by atoms with E-state index >= 15 is 0 Å². The third-order valence-electron chi connectivity index (χ3n) is 8.07. The van der Waals surface area contributed by atoms with Gasteiger partial charge in [0.25, 0.3) is 0 Å². The van der Waals surface area contributed by atoms with E-state index in [2.05, 4.69) is 60.8 Å². The molecule has 8 aliphatic heterocycles. The zero-order chi connectivity index (χ0) is 27.2. The van der Waals surface area contributed by atoms with Crippen LogP contribution in [-0.2, 0) is 42.1 Å². The van der Waals surface area contributed by atoms with Gasteiger partial charge in [-0.3, -0.25) is 15.0 Å². The number of fused-ring (bicyclic) bond motifs is 4. The summed E-state index contributed by atoms with van der Waals surface area (Å²) in [6.45, 7) is 17.9. The molecule has 0 spiro atoms. The van der Waals surface area contributed by atoms with Gasteiger partial charge in [0.1, 0.15) is 0 Å². The number of nitrogens with one attached hydrogen (secondary N) is 3. The van der Waals surface area contributed by atoms with E-state index in [1.165, 1.54) is 104 Å². The summed E-state index contributed by atoms with van der Waals surface area (Å²) in [4.78, 5) is 26.8. The maximum Gasteiger partial charge on any atom is 0.193 e. The third-order valence-corrected chi connectivity index (χ3v) is 8.07. The largest absolute Gasteiger partial charge is 0.426 e. The molecule has 236 valence electrons. The van der Waals surface area contributed by atoms with E-state index < -0.39 is 0 Å². The van der Waals surface area contributed by atoms with E-state index in [1.54, 1.807) is 0 Å². The maximum atomic E-state index is 4.38. The van der Waals surface area contributed by atoms with Gasteiger partial charge in [0.2, 0.25) is 0 Å². The van der Waals surface area contributed by atoms with Crippen molar-refractivity contribution in [1.29, 1.82) is 0 Å². The van der Waals surface area contributed by atoms with Gasteiger partial charge in [0, 0.05) is 127 Å². The molecule has 3 N–H and O–H groups in total. The molecule has 14 heteroatoms. The van der Waals surface area contributed by atoms with Crippen molar-refractivity contribution in [2.24, 2.45) is 20.0 Å². The van der Waals surface area contributed by atoms with Crippen molar-refractivity contribution in [3.8, 4) is 0 Å². The molecule has 8 heterocycles. The van der Waals surface area contributed by atoms with Crippen molar-refractivity contribution in [2.75, 3.05) is 105 Å². The second-order valence-electron chi connectivity index (χ2n) is 11.2. The number of rotatable bonds is 0. The summed E-state index contributed by atoms with van der Waals surface area (Å²) >= 11 is 0.